The molecule has 0 saturated heterocycles. The van der Waals surface area contributed by atoms with Crippen molar-refractivity contribution >= 4 is 10.3 Å². The van der Waals surface area contributed by atoms with E-state index in [2.05, 4.69) is 0 Å². The molecule has 0 spiro atoms. The number of hydrogen-bond donors (Lipinski definition) is 2. The van der Waals surface area contributed by atoms with E-state index < -0.39 is 10.3 Å². The molecule has 6 heavy (non-hydrogen) atoms. The quantitative estimate of drug-likeness (QED) is 0.362. The highest BCUT2D eigenvalue weighted by molar-refractivity contribution is 7.84. The molecule has 0 saturated carbocycles. The summed E-state index contributed by atoms with van der Waals surface area (Å²) in [6.45, 7) is 0. The Morgan fingerprint density at radius 3 is 1.83 bits per heavy atom. The van der Waals surface area contributed by atoms with Gasteiger partial charge >= 0.3 is 10.3 Å². The summed E-state index contributed by atoms with van der Waals surface area (Å²) in [5, 5.41) is 0. The molecular formula is H2N2O3S. The fourth-order valence-corrected chi connectivity index (χ4v) is 0. The number of nitrogens with zero attached hydrogens (tertiary/aromatic N) is 1. The Hall–Kier alpha value is -0.490. The summed E-state index contributed by atoms with van der Waals surface area (Å²) in [7, 11) is -4.37. The predicted molar refractivity (Wildman–Crippen MR) is 16.7 cm³/mol. The molecule has 0 fully saturated rings. The lowest BCUT2D eigenvalue weighted by atomic mass is 13.3. The smallest absolute Gasteiger partial charge is 0.267 e. The van der Waals surface area contributed by atoms with Crippen LogP contribution in [0.2, 0.25) is 0 Å². The van der Waals surface area contributed by atoms with E-state index >= 15 is 0 Å². The maximum absolute atomic E-state index is 9.20. The van der Waals surface area contributed by atoms with Crippen LogP contribution in [-0.4, -0.2) is 13.0 Å². The maximum atomic E-state index is 9.20. The zero-order valence-electron chi connectivity index (χ0n) is 2.62. The normalized spacial score (nSPS) is 10.8. The third kappa shape index (κ3) is 3.51. The first-order chi connectivity index (χ1) is 2.56. The number of rotatable bonds is 1. The third-order valence-electron chi connectivity index (χ3n) is 0.115. The molecule has 0 aliphatic carbocycles. The summed E-state index contributed by atoms with van der Waals surface area (Å²) in [5.41, 5.74) is 5.64. The lowest BCUT2D eigenvalue weighted by Gasteiger charge is -1.70. The second kappa shape index (κ2) is 1.31. The first-order valence-electron chi connectivity index (χ1n) is 0.922. The molecule has 6 heteroatoms. The van der Waals surface area contributed by atoms with Crippen LogP contribution in [0.3, 0.4) is 0 Å². The van der Waals surface area contributed by atoms with Gasteiger partial charge in [-0.05, 0) is 4.52 Å². The van der Waals surface area contributed by atoms with Gasteiger partial charge in [0.2, 0.25) is 0 Å². The topological polar surface area (TPSA) is 90.6 Å². The minimum atomic E-state index is -4.37. The molecule has 0 radical (unpaired) electrons. The van der Waals surface area contributed by atoms with Gasteiger partial charge in [0.25, 0.3) is 0 Å². The number of nitrogens with one attached hydrogen (secondary N) is 1. The molecule has 5 nitrogen and oxygen atoms in total. The first-order valence-corrected chi connectivity index (χ1v) is 2.32. The van der Waals surface area contributed by atoms with Crippen molar-refractivity contribution in [2.75, 3.05) is 0 Å². The van der Waals surface area contributed by atoms with Crippen molar-refractivity contribution in [2.45, 2.75) is 0 Å². The van der Waals surface area contributed by atoms with Crippen molar-refractivity contribution < 1.29 is 13.0 Å². The highest BCUT2D eigenvalue weighted by Gasteiger charge is 1.92. The van der Waals surface area contributed by atoms with Crippen LogP contribution in [0.5, 0.6) is 0 Å². The van der Waals surface area contributed by atoms with Crippen molar-refractivity contribution in [3.05, 3.63) is 0 Å². The summed E-state index contributed by atoms with van der Waals surface area (Å²) >= 11 is 0. The molecule has 0 aliphatic heterocycles. The molecule has 36 valence electrons. The molecule has 0 amide bonds. The van der Waals surface area contributed by atoms with Crippen molar-refractivity contribution in [1.82, 2.24) is 0 Å². The van der Waals surface area contributed by atoms with Crippen molar-refractivity contribution in [2.24, 2.45) is 4.52 Å². The van der Waals surface area contributed by atoms with Gasteiger partial charge in [0.05, 0.1) is 0 Å². The molecule has 0 unspecified atom stereocenters. The molecule has 0 bridgehead atoms. The lowest BCUT2D eigenvalue weighted by molar-refractivity contribution is 0.481. The van der Waals surface area contributed by atoms with Gasteiger partial charge < -0.3 is 0 Å². The van der Waals surface area contributed by atoms with Gasteiger partial charge in [-0.1, -0.05) is 0 Å². The van der Waals surface area contributed by atoms with Gasteiger partial charge in [-0.15, -0.1) is 0 Å². The van der Waals surface area contributed by atoms with E-state index in [0.717, 1.165) is 0 Å². The zero-order valence-corrected chi connectivity index (χ0v) is 3.44. The van der Waals surface area contributed by atoms with Crippen LogP contribution >= 0.6 is 0 Å². The summed E-state index contributed by atoms with van der Waals surface area (Å²) in [6, 6.07) is 0. The zero-order chi connectivity index (χ0) is 5.21. The summed E-state index contributed by atoms with van der Waals surface area (Å²) < 4.78 is 27.6. The van der Waals surface area contributed by atoms with Crippen LogP contribution in [0, 0.1) is 5.53 Å². The van der Waals surface area contributed by atoms with Crippen molar-refractivity contribution in [3.63, 3.8) is 0 Å². The van der Waals surface area contributed by atoms with Gasteiger partial charge in [0.15, 0.2) is 0 Å². The highest BCUT2D eigenvalue weighted by Crippen LogP contribution is 1.76. The molecule has 0 heterocycles. The van der Waals surface area contributed by atoms with E-state index in [4.69, 9.17) is 10.1 Å². The Kier molecular flexibility index (Phi) is 1.20. The fourth-order valence-electron chi connectivity index (χ4n) is 0. The van der Waals surface area contributed by atoms with Gasteiger partial charge in [-0.2, -0.15) is 13.9 Å². The van der Waals surface area contributed by atoms with Crippen LogP contribution < -0.4 is 0 Å². The van der Waals surface area contributed by atoms with Crippen molar-refractivity contribution in [1.29, 1.82) is 5.53 Å². The standard InChI is InChI=1S/H2N2O3S/c1-2-6(3,4)5/h1H,(H,3,4,5). The Bertz CT molecular complexity index is 119. The molecule has 0 aromatic carbocycles. The maximum Gasteiger partial charge on any atom is 0.395 e. The van der Waals surface area contributed by atoms with E-state index in [9.17, 15) is 8.42 Å². The van der Waals surface area contributed by atoms with E-state index in [1.807, 2.05) is 0 Å². The third-order valence-corrected chi connectivity index (χ3v) is 0.346. The molecular weight excluding hydrogens is 108 g/mol. The summed E-state index contributed by atoms with van der Waals surface area (Å²) in [4.78, 5) is 0. The molecule has 0 aromatic rings. The Morgan fingerprint density at radius 2 is 1.83 bits per heavy atom. The highest BCUT2D eigenvalue weighted by atomic mass is 32.2. The van der Waals surface area contributed by atoms with Crippen molar-refractivity contribution in [3.8, 4) is 0 Å². The van der Waals surface area contributed by atoms with Crippen LogP contribution in [0.4, 0.5) is 0 Å². The Morgan fingerprint density at radius 1 is 1.67 bits per heavy atom. The second-order valence-corrected chi connectivity index (χ2v) is 1.62. The summed E-state index contributed by atoms with van der Waals surface area (Å²) in [6.07, 6.45) is 0. The van der Waals surface area contributed by atoms with Crippen LogP contribution in [0.15, 0.2) is 4.52 Å². The van der Waals surface area contributed by atoms with Crippen LogP contribution in [0.25, 0.3) is 0 Å². The van der Waals surface area contributed by atoms with Gasteiger partial charge in [0.1, 0.15) is 0 Å². The fraction of sp³-hybridized carbons (Fsp3) is 0. The molecule has 2 N–H and O–H groups in total. The lowest BCUT2D eigenvalue weighted by Crippen LogP contribution is -1.86. The average molecular weight is 110 g/mol. The monoisotopic (exact) mass is 110 g/mol. The second-order valence-electron chi connectivity index (χ2n) is 0.539. The number of hydrogen-bond acceptors (Lipinski definition) is 3. The minimum absolute atomic E-state index is 1.80. The predicted octanol–water partition coefficient (Wildman–Crippen LogP) is -0.180. The summed E-state index contributed by atoms with van der Waals surface area (Å²) in [5.74, 6) is 0. The minimum Gasteiger partial charge on any atom is -0.267 e. The van der Waals surface area contributed by atoms with Gasteiger partial charge in [-0.3, -0.25) is 4.55 Å². The van der Waals surface area contributed by atoms with Crippen LogP contribution in [-0.2, 0) is 10.3 Å². The Balaban J connectivity index is 4.25. The molecule has 0 atom stereocenters. The molecule has 0 rings (SSSR count). The SMILES string of the molecule is N=NS(=O)(=O)O. The van der Waals surface area contributed by atoms with Gasteiger partial charge in [0, 0.05) is 0 Å². The first kappa shape index (κ1) is 5.51. The van der Waals surface area contributed by atoms with Gasteiger partial charge in [-0.25, -0.2) is 0 Å². The van der Waals surface area contributed by atoms with E-state index in [1.165, 1.54) is 0 Å². The van der Waals surface area contributed by atoms with E-state index in [-0.39, 0.29) is 0 Å². The van der Waals surface area contributed by atoms with E-state index in [1.54, 1.807) is 4.52 Å². The molecule has 0 aliphatic rings. The Labute approximate surface area is 34.4 Å². The van der Waals surface area contributed by atoms with E-state index in [0.29, 0.717) is 0 Å². The van der Waals surface area contributed by atoms with Crippen LogP contribution in [0.1, 0.15) is 0 Å². The largest absolute Gasteiger partial charge is 0.395 e. The average Bonchev–Trinajstić information content (AvgIpc) is 1.35. The molecule has 0 aromatic heterocycles.